The van der Waals surface area contributed by atoms with Crippen molar-refractivity contribution in [2.45, 2.75) is 20.8 Å². The van der Waals surface area contributed by atoms with Gasteiger partial charge in [-0.25, -0.2) is 0 Å². The van der Waals surface area contributed by atoms with Crippen LogP contribution in [0.15, 0.2) is 54.6 Å². The van der Waals surface area contributed by atoms with Crippen LogP contribution in [0, 0.1) is 20.8 Å². The van der Waals surface area contributed by atoms with Crippen LogP contribution in [-0.2, 0) is 4.57 Å². The lowest BCUT2D eigenvalue weighted by atomic mass is 10.2. The van der Waals surface area contributed by atoms with Crippen molar-refractivity contribution in [3.63, 3.8) is 0 Å². The number of hydrogen-bond acceptors (Lipinski definition) is 4. The Labute approximate surface area is 165 Å². The van der Waals surface area contributed by atoms with E-state index >= 15 is 0 Å². The first-order valence-corrected chi connectivity index (χ1v) is 10.9. The highest BCUT2D eigenvalue weighted by Crippen LogP contribution is 2.50. The lowest BCUT2D eigenvalue weighted by Gasteiger charge is -2.23. The third kappa shape index (κ3) is 2.89. The van der Waals surface area contributed by atoms with Gasteiger partial charge in [0, 0.05) is 21.5 Å². The van der Waals surface area contributed by atoms with Gasteiger partial charge in [0.1, 0.15) is 0 Å². The zero-order chi connectivity index (χ0) is 19.9. The minimum absolute atomic E-state index is 0.134. The first-order valence-electron chi connectivity index (χ1n) is 9.17. The van der Waals surface area contributed by atoms with E-state index in [1.54, 1.807) is 7.11 Å². The quantitative estimate of drug-likeness (QED) is 0.628. The fourth-order valence-corrected chi connectivity index (χ4v) is 6.43. The monoisotopic (exact) mass is 394 g/mol. The normalized spacial score (nSPS) is 12.9. The molecule has 0 saturated carbocycles. The molecule has 0 saturated heterocycles. The summed E-state index contributed by atoms with van der Waals surface area (Å²) in [5, 5.41) is 2.28. The summed E-state index contributed by atoms with van der Waals surface area (Å²) in [5.41, 5.74) is 3.07. The van der Waals surface area contributed by atoms with Crippen LogP contribution in [0.2, 0.25) is 0 Å². The number of hydrogen-bond donors (Lipinski definition) is 0. The summed E-state index contributed by atoms with van der Waals surface area (Å²) < 4.78 is 31.6. The van der Waals surface area contributed by atoms with E-state index in [4.69, 9.17) is 14.2 Å². The number of methoxy groups -OCH3 is 1. The fourth-order valence-electron chi connectivity index (χ4n) is 3.57. The molecule has 0 radical (unpaired) electrons. The highest BCUT2D eigenvalue weighted by atomic mass is 31.2. The van der Waals surface area contributed by atoms with E-state index in [1.807, 2.05) is 75.4 Å². The number of rotatable bonds is 4. The van der Waals surface area contributed by atoms with Gasteiger partial charge in [-0.3, -0.25) is 0 Å². The minimum atomic E-state index is -3.14. The van der Waals surface area contributed by atoms with Gasteiger partial charge in [0.05, 0.1) is 7.11 Å². The molecular weight excluding hydrogens is 371 g/mol. The van der Waals surface area contributed by atoms with Crippen LogP contribution in [0.3, 0.4) is 0 Å². The van der Waals surface area contributed by atoms with Crippen molar-refractivity contribution < 1.29 is 18.8 Å². The number of aryl methyl sites for hydroxylation is 2. The summed E-state index contributed by atoms with van der Waals surface area (Å²) in [5.74, 6) is 1.71. The first-order chi connectivity index (χ1) is 13.4. The maximum atomic E-state index is 14.8. The molecule has 0 amide bonds. The van der Waals surface area contributed by atoms with E-state index in [2.05, 4.69) is 0 Å². The van der Waals surface area contributed by atoms with Gasteiger partial charge in [-0.1, -0.05) is 59.7 Å². The standard InChI is InChI=1S/C23H23O4P/c1-15-5-9-18(10-6-15)28(24,19-11-7-16(2)8-12-19)21-13-20(25-4)23-22(17(21)3)26-14-27-23/h5-13H,14H2,1-4H3. The van der Waals surface area contributed by atoms with Crippen molar-refractivity contribution in [3.8, 4) is 17.2 Å². The fraction of sp³-hybridized carbons (Fsp3) is 0.217. The Bertz CT molecular complexity index is 1020. The summed E-state index contributed by atoms with van der Waals surface area (Å²) in [6, 6.07) is 17.6. The molecule has 0 bridgehead atoms. The van der Waals surface area contributed by atoms with Crippen LogP contribution < -0.4 is 30.1 Å². The molecule has 1 aliphatic rings. The molecule has 0 aromatic heterocycles. The van der Waals surface area contributed by atoms with Gasteiger partial charge >= 0.3 is 0 Å². The Balaban J connectivity index is 2.03. The highest BCUT2D eigenvalue weighted by Gasteiger charge is 2.36. The maximum Gasteiger partial charge on any atom is 0.231 e. The Kier molecular flexibility index (Phi) is 4.68. The van der Waals surface area contributed by atoms with Crippen molar-refractivity contribution in [2.75, 3.05) is 13.9 Å². The van der Waals surface area contributed by atoms with Crippen molar-refractivity contribution in [1.29, 1.82) is 0 Å². The van der Waals surface area contributed by atoms with Gasteiger partial charge in [-0.2, -0.15) is 0 Å². The zero-order valence-electron chi connectivity index (χ0n) is 16.5. The topological polar surface area (TPSA) is 44.8 Å². The average Bonchev–Trinajstić information content (AvgIpc) is 3.19. The van der Waals surface area contributed by atoms with E-state index in [0.29, 0.717) is 22.6 Å². The van der Waals surface area contributed by atoms with Gasteiger partial charge in [-0.05, 0) is 26.8 Å². The Morgan fingerprint density at radius 3 is 1.82 bits per heavy atom. The van der Waals surface area contributed by atoms with Crippen molar-refractivity contribution >= 4 is 23.1 Å². The molecule has 3 aromatic rings. The second-order valence-electron chi connectivity index (χ2n) is 7.07. The molecule has 144 valence electrons. The molecule has 0 unspecified atom stereocenters. The molecule has 3 aromatic carbocycles. The second kappa shape index (κ2) is 7.03. The van der Waals surface area contributed by atoms with Crippen molar-refractivity contribution in [1.82, 2.24) is 0 Å². The van der Waals surface area contributed by atoms with Crippen LogP contribution in [0.4, 0.5) is 0 Å². The van der Waals surface area contributed by atoms with Crippen molar-refractivity contribution in [2.24, 2.45) is 0 Å². The Hall–Kier alpha value is -2.71. The molecule has 0 N–H and O–H groups in total. The predicted octanol–water partition coefficient (Wildman–Crippen LogP) is 3.99. The van der Waals surface area contributed by atoms with Gasteiger partial charge in [0.2, 0.25) is 12.5 Å². The summed E-state index contributed by atoms with van der Waals surface area (Å²) in [6.45, 7) is 6.11. The molecule has 4 rings (SSSR count). The van der Waals surface area contributed by atoms with Crippen LogP contribution >= 0.6 is 7.14 Å². The maximum absolute atomic E-state index is 14.8. The highest BCUT2D eigenvalue weighted by molar-refractivity contribution is 7.85. The molecule has 0 fully saturated rings. The van der Waals surface area contributed by atoms with E-state index in [9.17, 15) is 4.57 Å². The lowest BCUT2D eigenvalue weighted by Crippen LogP contribution is -2.27. The first kappa shape index (κ1) is 18.6. The van der Waals surface area contributed by atoms with Crippen LogP contribution in [0.5, 0.6) is 17.2 Å². The molecule has 4 nitrogen and oxygen atoms in total. The Morgan fingerprint density at radius 1 is 0.821 bits per heavy atom. The third-order valence-electron chi connectivity index (χ3n) is 5.18. The van der Waals surface area contributed by atoms with E-state index < -0.39 is 7.14 Å². The molecule has 0 aliphatic carbocycles. The molecular formula is C23H23O4P. The predicted molar refractivity (Wildman–Crippen MR) is 113 cm³/mol. The molecule has 0 spiro atoms. The average molecular weight is 394 g/mol. The van der Waals surface area contributed by atoms with Gasteiger partial charge in [0.25, 0.3) is 0 Å². The van der Waals surface area contributed by atoms with Crippen LogP contribution in [0.1, 0.15) is 16.7 Å². The SMILES string of the molecule is COc1cc(P(=O)(c2ccc(C)cc2)c2ccc(C)cc2)c(C)c2c1OCO2. The molecule has 1 aliphatic heterocycles. The van der Waals surface area contributed by atoms with Crippen LogP contribution in [-0.4, -0.2) is 13.9 Å². The smallest absolute Gasteiger partial charge is 0.231 e. The van der Waals surface area contributed by atoms with Crippen molar-refractivity contribution in [3.05, 3.63) is 71.3 Å². The molecule has 0 atom stereocenters. The third-order valence-corrected chi connectivity index (χ3v) is 8.38. The summed E-state index contributed by atoms with van der Waals surface area (Å²) in [4.78, 5) is 0. The van der Waals surface area contributed by atoms with E-state index in [-0.39, 0.29) is 6.79 Å². The Morgan fingerprint density at radius 2 is 1.32 bits per heavy atom. The second-order valence-corrected chi connectivity index (χ2v) is 9.80. The number of fused-ring (bicyclic) bond motifs is 1. The molecule has 5 heteroatoms. The lowest BCUT2D eigenvalue weighted by molar-refractivity contribution is 0.170. The summed E-state index contributed by atoms with van der Waals surface area (Å²) >= 11 is 0. The van der Waals surface area contributed by atoms with Gasteiger partial charge < -0.3 is 18.8 Å². The number of benzene rings is 3. The van der Waals surface area contributed by atoms with E-state index in [1.165, 1.54) is 0 Å². The van der Waals surface area contributed by atoms with Gasteiger partial charge in [-0.15, -0.1) is 0 Å². The number of ether oxygens (including phenoxy) is 3. The largest absolute Gasteiger partial charge is 0.493 e. The van der Waals surface area contributed by atoms with Crippen LogP contribution in [0.25, 0.3) is 0 Å². The van der Waals surface area contributed by atoms with E-state index in [0.717, 1.165) is 27.3 Å². The molecule has 28 heavy (non-hydrogen) atoms. The summed E-state index contributed by atoms with van der Waals surface area (Å²) in [6.07, 6.45) is 0. The van der Waals surface area contributed by atoms with Gasteiger partial charge in [0.15, 0.2) is 18.6 Å². The molecule has 1 heterocycles. The zero-order valence-corrected chi connectivity index (χ0v) is 17.4. The summed E-state index contributed by atoms with van der Waals surface area (Å²) in [7, 11) is -1.56. The minimum Gasteiger partial charge on any atom is -0.493 e.